The van der Waals surface area contributed by atoms with Crippen molar-refractivity contribution in [1.29, 1.82) is 0 Å². The predicted molar refractivity (Wildman–Crippen MR) is 304 cm³/mol. The van der Waals surface area contributed by atoms with Crippen LogP contribution < -0.4 is 9.80 Å². The molecular formula is C68H52N2O2. The Morgan fingerprint density at radius 2 is 0.639 bits per heavy atom. The minimum atomic E-state index is 0.329. The van der Waals surface area contributed by atoms with Crippen molar-refractivity contribution in [1.82, 2.24) is 0 Å². The number of rotatable bonds is 10. The molecule has 4 nitrogen and oxygen atoms in total. The summed E-state index contributed by atoms with van der Waals surface area (Å²) in [5.41, 5.74) is 17.4. The number of hydrogen-bond acceptors (Lipinski definition) is 4. The summed E-state index contributed by atoms with van der Waals surface area (Å²) in [7, 11) is 0. The summed E-state index contributed by atoms with van der Waals surface area (Å²) in [5.74, 6) is 0.659. The molecule has 13 rings (SSSR count). The van der Waals surface area contributed by atoms with Gasteiger partial charge < -0.3 is 18.6 Å². The molecule has 0 fully saturated rings. The fraction of sp³-hybridized carbons (Fsp3) is 0.0882. The number of furan rings is 2. The zero-order valence-corrected chi connectivity index (χ0v) is 40.8. The number of hydrogen-bond donors (Lipinski definition) is 0. The summed E-state index contributed by atoms with van der Waals surface area (Å²) < 4.78 is 13.6. The molecule has 11 aromatic carbocycles. The Kier molecular flexibility index (Phi) is 10.5. The van der Waals surface area contributed by atoms with E-state index in [-0.39, 0.29) is 0 Å². The molecule has 0 spiro atoms. The van der Waals surface area contributed by atoms with Crippen LogP contribution in [0, 0.1) is 0 Å². The Bertz CT molecular complexity index is 3910. The van der Waals surface area contributed by atoms with Gasteiger partial charge in [-0.1, -0.05) is 173 Å². The quantitative estimate of drug-likeness (QED) is 0.137. The second kappa shape index (κ2) is 17.5. The first-order valence-electron chi connectivity index (χ1n) is 25.1. The van der Waals surface area contributed by atoms with Gasteiger partial charge in [-0.2, -0.15) is 0 Å². The van der Waals surface area contributed by atoms with E-state index < -0.39 is 0 Å². The minimum Gasteiger partial charge on any atom is -0.456 e. The molecule has 0 aliphatic heterocycles. The summed E-state index contributed by atoms with van der Waals surface area (Å²) in [5, 5.41) is 8.71. The molecule has 4 heteroatoms. The normalized spacial score (nSPS) is 11.9. The van der Waals surface area contributed by atoms with Crippen LogP contribution in [0.1, 0.15) is 50.7 Å². The van der Waals surface area contributed by atoms with E-state index in [0.717, 1.165) is 88.2 Å². The van der Waals surface area contributed by atoms with E-state index in [1.807, 2.05) is 0 Å². The fourth-order valence-electron chi connectivity index (χ4n) is 11.0. The van der Waals surface area contributed by atoms with Gasteiger partial charge in [-0.15, -0.1) is 0 Å². The summed E-state index contributed by atoms with van der Waals surface area (Å²) in [4.78, 5) is 4.85. The van der Waals surface area contributed by atoms with Crippen molar-refractivity contribution in [3.05, 3.63) is 242 Å². The highest BCUT2D eigenvalue weighted by molar-refractivity contribution is 6.18. The SMILES string of the molecule is CC(C)c1ccccc1N(c1ccc2cc3c(cc2c1)oc1cc2c(cc13)oc1cc3cc(N(c4ccccc4-c4ccccc4)c4ccccc4C(C)C)ccc3cc12)c1ccccc1-c1ccccc1. The monoisotopic (exact) mass is 928 g/mol. The van der Waals surface area contributed by atoms with E-state index in [9.17, 15) is 0 Å². The van der Waals surface area contributed by atoms with Gasteiger partial charge in [-0.05, 0) is 141 Å². The maximum Gasteiger partial charge on any atom is 0.136 e. The molecular weight excluding hydrogens is 877 g/mol. The lowest BCUT2D eigenvalue weighted by molar-refractivity contribution is 0.664. The summed E-state index contributed by atoms with van der Waals surface area (Å²) >= 11 is 0. The maximum atomic E-state index is 6.80. The lowest BCUT2D eigenvalue weighted by Gasteiger charge is -2.30. The van der Waals surface area contributed by atoms with E-state index in [2.05, 4.69) is 268 Å². The van der Waals surface area contributed by atoms with Crippen LogP contribution in [0.4, 0.5) is 34.1 Å². The molecule has 0 radical (unpaired) electrons. The molecule has 346 valence electrons. The Morgan fingerprint density at radius 1 is 0.292 bits per heavy atom. The summed E-state index contributed by atoms with van der Waals surface area (Å²) in [6.45, 7) is 9.08. The lowest BCUT2D eigenvalue weighted by Crippen LogP contribution is -2.13. The Hall–Kier alpha value is -8.86. The maximum absolute atomic E-state index is 6.80. The van der Waals surface area contributed by atoms with E-state index in [0.29, 0.717) is 11.8 Å². The minimum absolute atomic E-state index is 0.329. The number of benzene rings is 11. The van der Waals surface area contributed by atoms with Crippen molar-refractivity contribution in [2.45, 2.75) is 39.5 Å². The van der Waals surface area contributed by atoms with Crippen molar-refractivity contribution in [2.24, 2.45) is 0 Å². The molecule has 0 unspecified atom stereocenters. The van der Waals surface area contributed by atoms with Crippen molar-refractivity contribution in [3.8, 4) is 22.3 Å². The number of fused-ring (bicyclic) bond motifs is 8. The van der Waals surface area contributed by atoms with Crippen LogP contribution in [-0.2, 0) is 0 Å². The van der Waals surface area contributed by atoms with Gasteiger partial charge in [0.1, 0.15) is 22.3 Å². The van der Waals surface area contributed by atoms with Gasteiger partial charge in [-0.3, -0.25) is 0 Å². The molecule has 0 atom stereocenters. The second-order valence-corrected chi connectivity index (χ2v) is 19.7. The Morgan fingerprint density at radius 3 is 1.06 bits per heavy atom. The van der Waals surface area contributed by atoms with Crippen molar-refractivity contribution < 1.29 is 8.83 Å². The van der Waals surface area contributed by atoms with E-state index in [1.54, 1.807) is 0 Å². The first-order chi connectivity index (χ1) is 35.3. The third-order valence-corrected chi connectivity index (χ3v) is 14.5. The summed E-state index contributed by atoms with van der Waals surface area (Å²) in [6.07, 6.45) is 0. The van der Waals surface area contributed by atoms with Crippen LogP contribution in [0.15, 0.2) is 239 Å². The first-order valence-corrected chi connectivity index (χ1v) is 25.1. The van der Waals surface area contributed by atoms with Gasteiger partial charge in [0.25, 0.3) is 0 Å². The predicted octanol–water partition coefficient (Wildman–Crippen LogP) is 20.3. The van der Waals surface area contributed by atoms with Crippen LogP contribution >= 0.6 is 0 Å². The summed E-state index contributed by atoms with van der Waals surface area (Å²) in [6, 6.07) is 83.3. The Balaban J connectivity index is 0.916. The molecule has 2 aromatic heterocycles. The lowest BCUT2D eigenvalue weighted by atomic mass is 9.97. The highest BCUT2D eigenvalue weighted by Crippen LogP contribution is 2.47. The molecule has 0 bridgehead atoms. The van der Waals surface area contributed by atoms with E-state index in [1.165, 1.54) is 44.8 Å². The van der Waals surface area contributed by atoms with E-state index >= 15 is 0 Å². The molecule has 72 heavy (non-hydrogen) atoms. The van der Waals surface area contributed by atoms with E-state index in [4.69, 9.17) is 8.83 Å². The van der Waals surface area contributed by atoms with Crippen molar-refractivity contribution in [2.75, 3.05) is 9.80 Å². The average Bonchev–Trinajstić information content (AvgIpc) is 3.95. The molecule has 0 N–H and O–H groups in total. The molecule has 0 saturated heterocycles. The molecule has 0 aliphatic carbocycles. The van der Waals surface area contributed by atoms with Gasteiger partial charge in [0.2, 0.25) is 0 Å². The smallest absolute Gasteiger partial charge is 0.136 e. The van der Waals surface area contributed by atoms with Gasteiger partial charge in [0.15, 0.2) is 0 Å². The number of nitrogens with zero attached hydrogens (tertiary/aromatic N) is 2. The van der Waals surface area contributed by atoms with Gasteiger partial charge in [-0.25, -0.2) is 0 Å². The van der Waals surface area contributed by atoms with Crippen molar-refractivity contribution in [3.63, 3.8) is 0 Å². The highest BCUT2D eigenvalue weighted by atomic mass is 16.3. The van der Waals surface area contributed by atoms with Crippen LogP contribution in [0.2, 0.25) is 0 Å². The van der Waals surface area contributed by atoms with Crippen LogP contribution in [0.25, 0.3) is 87.7 Å². The van der Waals surface area contributed by atoms with Gasteiger partial charge in [0, 0.05) is 55.4 Å². The highest BCUT2D eigenvalue weighted by Gasteiger charge is 2.24. The zero-order chi connectivity index (χ0) is 48.5. The van der Waals surface area contributed by atoms with Crippen LogP contribution in [0.3, 0.4) is 0 Å². The molecule has 0 saturated carbocycles. The van der Waals surface area contributed by atoms with Crippen LogP contribution in [-0.4, -0.2) is 0 Å². The second-order valence-electron chi connectivity index (χ2n) is 19.7. The van der Waals surface area contributed by atoms with Crippen LogP contribution in [0.5, 0.6) is 0 Å². The Labute approximate surface area is 419 Å². The third kappa shape index (κ3) is 7.38. The third-order valence-electron chi connectivity index (χ3n) is 14.5. The standard InChI is InChI=1S/C68H52N2O2/c1-43(2)53-23-11-15-27-61(53)69(63-29-17-13-25-55(63)45-19-7-5-8-20-45)51-33-31-47-37-57-59-41-68-60(42-67(59)71-65(57)39-49(47)35-51)58-38-48-32-34-52(36-50(48)40-66(58)72-68)70(62-28-16-12-24-54(62)44(3)4)64-30-18-14-26-56(64)46-21-9-6-10-22-46/h5-44H,1-4H3. The topological polar surface area (TPSA) is 32.8 Å². The fourth-order valence-corrected chi connectivity index (χ4v) is 11.0. The van der Waals surface area contributed by atoms with Crippen molar-refractivity contribution >= 4 is 99.5 Å². The number of para-hydroxylation sites is 4. The first kappa shape index (κ1) is 43.2. The average molecular weight is 929 g/mol. The largest absolute Gasteiger partial charge is 0.456 e. The van der Waals surface area contributed by atoms with Gasteiger partial charge in [0.05, 0.1) is 11.4 Å². The molecule has 13 aromatic rings. The number of anilines is 6. The molecule has 2 heterocycles. The van der Waals surface area contributed by atoms with Gasteiger partial charge >= 0.3 is 0 Å². The molecule has 0 amide bonds. The molecule has 0 aliphatic rings. The zero-order valence-electron chi connectivity index (χ0n) is 40.8.